The number of nitrogens with zero attached hydrogens (tertiary/aromatic N) is 1. The van der Waals surface area contributed by atoms with E-state index in [1.54, 1.807) is 0 Å². The Labute approximate surface area is 150 Å². The van der Waals surface area contributed by atoms with Crippen molar-refractivity contribution in [2.24, 2.45) is 0 Å². The maximum absolute atomic E-state index is 5.93. The highest BCUT2D eigenvalue weighted by Crippen LogP contribution is 2.22. The molecule has 25 heavy (non-hydrogen) atoms. The fourth-order valence-electron chi connectivity index (χ4n) is 2.87. The lowest BCUT2D eigenvalue weighted by Crippen LogP contribution is -1.99. The van der Waals surface area contributed by atoms with Gasteiger partial charge in [-0.1, -0.05) is 68.3 Å². The van der Waals surface area contributed by atoms with Crippen LogP contribution < -0.4 is 4.74 Å². The monoisotopic (exact) mass is 331 g/mol. The first kappa shape index (κ1) is 17.2. The Balaban J connectivity index is 1.79. The van der Waals surface area contributed by atoms with E-state index in [0.717, 1.165) is 30.0 Å². The van der Waals surface area contributed by atoms with Gasteiger partial charge in [-0.25, -0.2) is 0 Å². The number of benzene rings is 2. The lowest BCUT2D eigenvalue weighted by molar-refractivity contribution is 0.304. The zero-order chi connectivity index (χ0) is 17.5. The van der Waals surface area contributed by atoms with Crippen molar-refractivity contribution in [3.05, 3.63) is 71.5 Å². The average Bonchev–Trinajstić information content (AvgIpc) is 2.65. The van der Waals surface area contributed by atoms with Crippen molar-refractivity contribution in [2.75, 3.05) is 6.61 Å². The van der Waals surface area contributed by atoms with Crippen LogP contribution in [0.15, 0.2) is 54.7 Å². The van der Waals surface area contributed by atoms with Gasteiger partial charge in [0.2, 0.25) is 0 Å². The second-order valence-electron chi connectivity index (χ2n) is 6.33. The topological polar surface area (TPSA) is 22.1 Å². The first-order valence-electron chi connectivity index (χ1n) is 9.03. The highest BCUT2D eigenvalue weighted by atomic mass is 16.5. The van der Waals surface area contributed by atoms with Crippen LogP contribution in [0.2, 0.25) is 0 Å². The summed E-state index contributed by atoms with van der Waals surface area (Å²) in [7, 11) is 0. The van der Waals surface area contributed by atoms with Gasteiger partial charge in [-0.2, -0.15) is 0 Å². The first-order chi connectivity index (χ1) is 12.3. The largest absolute Gasteiger partial charge is 0.493 e. The zero-order valence-corrected chi connectivity index (χ0v) is 15.0. The lowest BCUT2D eigenvalue weighted by atomic mass is 10.0. The molecule has 1 heterocycles. The number of hydrogen-bond donors (Lipinski definition) is 0. The second-order valence-corrected chi connectivity index (χ2v) is 6.33. The Bertz CT molecular complexity index is 862. The molecule has 0 aliphatic carbocycles. The molecule has 1 aromatic heterocycles. The summed E-state index contributed by atoms with van der Waals surface area (Å²) in [4.78, 5) is 4.51. The number of rotatable bonds is 7. The van der Waals surface area contributed by atoms with E-state index in [9.17, 15) is 0 Å². The Morgan fingerprint density at radius 2 is 1.84 bits per heavy atom. The van der Waals surface area contributed by atoms with Gasteiger partial charge in [-0.05, 0) is 35.8 Å². The van der Waals surface area contributed by atoms with Gasteiger partial charge in [-0.15, -0.1) is 0 Å². The molecule has 0 aliphatic rings. The van der Waals surface area contributed by atoms with E-state index in [0.29, 0.717) is 0 Å². The van der Waals surface area contributed by atoms with Crippen LogP contribution in [0.1, 0.15) is 43.0 Å². The lowest BCUT2D eigenvalue weighted by Gasteiger charge is -2.09. The number of aromatic nitrogens is 1. The summed E-state index contributed by atoms with van der Waals surface area (Å²) in [6, 6.07) is 16.8. The van der Waals surface area contributed by atoms with Crippen LogP contribution in [0.25, 0.3) is 22.9 Å². The van der Waals surface area contributed by atoms with Gasteiger partial charge >= 0.3 is 0 Å². The third kappa shape index (κ3) is 4.48. The summed E-state index contributed by atoms with van der Waals surface area (Å²) in [5, 5.41) is 2.51. The van der Waals surface area contributed by atoms with Gasteiger partial charge < -0.3 is 4.74 Å². The molecule has 0 amide bonds. The van der Waals surface area contributed by atoms with Crippen molar-refractivity contribution in [1.29, 1.82) is 0 Å². The number of aryl methyl sites for hydroxylation is 1. The van der Waals surface area contributed by atoms with Gasteiger partial charge in [0.05, 0.1) is 12.3 Å². The molecular formula is C23H25NO. The molecule has 0 bridgehead atoms. The van der Waals surface area contributed by atoms with E-state index >= 15 is 0 Å². The number of pyridine rings is 1. The van der Waals surface area contributed by atoms with Gasteiger partial charge in [0.25, 0.3) is 0 Å². The predicted molar refractivity (Wildman–Crippen MR) is 107 cm³/mol. The van der Waals surface area contributed by atoms with Crippen LogP contribution in [-0.2, 0) is 0 Å². The van der Waals surface area contributed by atoms with Crippen LogP contribution in [0.3, 0.4) is 0 Å². The summed E-state index contributed by atoms with van der Waals surface area (Å²) >= 11 is 0. The highest BCUT2D eigenvalue weighted by molar-refractivity contribution is 5.92. The molecule has 0 atom stereocenters. The SMILES string of the molecule is CCCCCOc1cc(/C=C/c2cccc3ccccc23)ncc1C. The Hall–Kier alpha value is -2.61. The van der Waals surface area contributed by atoms with E-state index in [-0.39, 0.29) is 0 Å². The highest BCUT2D eigenvalue weighted by Gasteiger charge is 2.02. The Morgan fingerprint density at radius 1 is 1.00 bits per heavy atom. The van der Waals surface area contributed by atoms with Crippen molar-refractivity contribution in [3.8, 4) is 5.75 Å². The standard InChI is InChI=1S/C23H25NO/c1-3-4-7-15-25-23-16-21(24-17-18(23)2)14-13-20-11-8-10-19-9-5-6-12-22(19)20/h5-6,8-14,16-17H,3-4,7,15H2,1-2H3/b14-13+. The molecule has 0 saturated heterocycles. The van der Waals surface area contributed by atoms with Crippen molar-refractivity contribution in [2.45, 2.75) is 33.1 Å². The fraction of sp³-hybridized carbons (Fsp3) is 0.261. The molecule has 0 spiro atoms. The molecule has 3 aromatic rings. The summed E-state index contributed by atoms with van der Waals surface area (Å²) in [6.07, 6.45) is 9.58. The summed E-state index contributed by atoms with van der Waals surface area (Å²) in [5.74, 6) is 0.934. The second kappa shape index (κ2) is 8.48. The molecule has 128 valence electrons. The molecule has 0 radical (unpaired) electrons. The molecular weight excluding hydrogens is 306 g/mol. The van der Waals surface area contributed by atoms with Gasteiger partial charge in [0.1, 0.15) is 5.75 Å². The quantitative estimate of drug-likeness (QED) is 0.475. The van der Waals surface area contributed by atoms with Crippen LogP contribution in [-0.4, -0.2) is 11.6 Å². The van der Waals surface area contributed by atoms with Gasteiger partial charge in [0.15, 0.2) is 0 Å². The van der Waals surface area contributed by atoms with E-state index in [4.69, 9.17) is 4.74 Å². The van der Waals surface area contributed by atoms with E-state index in [1.165, 1.54) is 29.2 Å². The van der Waals surface area contributed by atoms with Gasteiger partial charge in [-0.3, -0.25) is 4.98 Å². The minimum Gasteiger partial charge on any atom is -0.493 e. The first-order valence-corrected chi connectivity index (χ1v) is 9.03. The normalized spacial score (nSPS) is 11.3. The van der Waals surface area contributed by atoms with E-state index in [1.807, 2.05) is 19.2 Å². The molecule has 0 N–H and O–H groups in total. The number of unbranched alkanes of at least 4 members (excludes halogenated alkanes) is 2. The number of hydrogen-bond acceptors (Lipinski definition) is 2. The molecule has 0 unspecified atom stereocenters. The van der Waals surface area contributed by atoms with Crippen LogP contribution in [0, 0.1) is 6.92 Å². The predicted octanol–water partition coefficient (Wildman–Crippen LogP) is 6.28. The summed E-state index contributed by atoms with van der Waals surface area (Å²) < 4.78 is 5.93. The van der Waals surface area contributed by atoms with Crippen molar-refractivity contribution < 1.29 is 4.74 Å². The molecule has 2 aromatic carbocycles. The van der Waals surface area contributed by atoms with Crippen molar-refractivity contribution >= 4 is 22.9 Å². The molecule has 2 nitrogen and oxygen atoms in total. The fourth-order valence-corrected chi connectivity index (χ4v) is 2.87. The molecule has 2 heteroatoms. The van der Waals surface area contributed by atoms with E-state index in [2.05, 4.69) is 66.5 Å². The van der Waals surface area contributed by atoms with Crippen molar-refractivity contribution in [3.63, 3.8) is 0 Å². The van der Waals surface area contributed by atoms with Crippen LogP contribution in [0.5, 0.6) is 5.75 Å². The van der Waals surface area contributed by atoms with Crippen molar-refractivity contribution in [1.82, 2.24) is 4.98 Å². The smallest absolute Gasteiger partial charge is 0.125 e. The summed E-state index contributed by atoms with van der Waals surface area (Å²) in [5.41, 5.74) is 3.20. The third-order valence-electron chi connectivity index (χ3n) is 4.34. The molecule has 3 rings (SSSR count). The molecule has 0 saturated carbocycles. The maximum Gasteiger partial charge on any atom is 0.125 e. The van der Waals surface area contributed by atoms with Crippen LogP contribution in [0.4, 0.5) is 0 Å². The minimum atomic E-state index is 0.769. The van der Waals surface area contributed by atoms with E-state index < -0.39 is 0 Å². The minimum absolute atomic E-state index is 0.769. The van der Waals surface area contributed by atoms with Crippen LogP contribution >= 0.6 is 0 Å². The average molecular weight is 331 g/mol. The Morgan fingerprint density at radius 3 is 2.72 bits per heavy atom. The van der Waals surface area contributed by atoms with Gasteiger partial charge in [0, 0.05) is 17.8 Å². The third-order valence-corrected chi connectivity index (χ3v) is 4.34. The number of fused-ring (bicyclic) bond motifs is 1. The summed E-state index contributed by atoms with van der Waals surface area (Å²) in [6.45, 7) is 5.01. The Kier molecular flexibility index (Phi) is 5.84. The maximum atomic E-state index is 5.93. The molecule has 0 aliphatic heterocycles. The number of ether oxygens (including phenoxy) is 1. The molecule has 0 fully saturated rings. The zero-order valence-electron chi connectivity index (χ0n) is 15.0.